The standard InChI is InChI=1S/C18H20N2/c1-12-6-5-8-15(10-12)18-16(13(2)19)11-14-7-3-4-9-17(14)20-18/h3-5,7-13H,6,19H2,1-2H3/t12-,13-/m0/s1. The number of pyridine rings is 1. The quantitative estimate of drug-likeness (QED) is 0.881. The van der Waals surface area contributed by atoms with Gasteiger partial charge in [0.2, 0.25) is 0 Å². The molecule has 0 spiro atoms. The van der Waals surface area contributed by atoms with E-state index in [1.54, 1.807) is 0 Å². The Bertz CT molecular complexity index is 696. The maximum absolute atomic E-state index is 6.16. The molecule has 1 heterocycles. The average molecular weight is 264 g/mol. The molecule has 0 unspecified atom stereocenters. The summed E-state index contributed by atoms with van der Waals surface area (Å²) in [6.45, 7) is 4.25. The fourth-order valence-corrected chi connectivity index (χ4v) is 2.71. The predicted octanol–water partition coefficient (Wildman–Crippen LogP) is 4.23. The summed E-state index contributed by atoms with van der Waals surface area (Å²) in [7, 11) is 0. The van der Waals surface area contributed by atoms with Crippen molar-refractivity contribution in [2.24, 2.45) is 11.7 Å². The van der Waals surface area contributed by atoms with Crippen molar-refractivity contribution < 1.29 is 0 Å². The van der Waals surface area contributed by atoms with Crippen LogP contribution < -0.4 is 5.73 Å². The summed E-state index contributed by atoms with van der Waals surface area (Å²) in [5.41, 5.74) is 10.5. The minimum absolute atomic E-state index is 0.0198. The van der Waals surface area contributed by atoms with Gasteiger partial charge in [-0.2, -0.15) is 0 Å². The molecule has 0 saturated heterocycles. The summed E-state index contributed by atoms with van der Waals surface area (Å²) < 4.78 is 0. The van der Waals surface area contributed by atoms with Crippen molar-refractivity contribution in [2.45, 2.75) is 26.3 Å². The van der Waals surface area contributed by atoms with Crippen LogP contribution in [0.3, 0.4) is 0 Å². The first-order valence-electron chi connectivity index (χ1n) is 7.19. The summed E-state index contributed by atoms with van der Waals surface area (Å²) in [5.74, 6) is 0.559. The van der Waals surface area contributed by atoms with Crippen molar-refractivity contribution in [3.63, 3.8) is 0 Å². The number of nitrogens with zero attached hydrogens (tertiary/aromatic N) is 1. The highest BCUT2D eigenvalue weighted by molar-refractivity contribution is 5.85. The van der Waals surface area contributed by atoms with Crippen LogP contribution in [0.4, 0.5) is 0 Å². The van der Waals surface area contributed by atoms with Crippen LogP contribution in [0, 0.1) is 5.92 Å². The lowest BCUT2D eigenvalue weighted by atomic mass is 9.92. The van der Waals surface area contributed by atoms with E-state index in [2.05, 4.69) is 43.4 Å². The molecule has 20 heavy (non-hydrogen) atoms. The van der Waals surface area contributed by atoms with E-state index in [4.69, 9.17) is 10.7 Å². The fraction of sp³-hybridized carbons (Fsp3) is 0.278. The van der Waals surface area contributed by atoms with E-state index in [0.717, 1.165) is 28.6 Å². The molecule has 0 fully saturated rings. The molecule has 2 N–H and O–H groups in total. The van der Waals surface area contributed by atoms with Crippen molar-refractivity contribution in [1.29, 1.82) is 0 Å². The molecule has 0 aliphatic heterocycles. The van der Waals surface area contributed by atoms with Crippen LogP contribution in [0.1, 0.15) is 37.6 Å². The molecule has 0 amide bonds. The van der Waals surface area contributed by atoms with Crippen LogP contribution in [0.25, 0.3) is 16.5 Å². The molecule has 2 atom stereocenters. The lowest BCUT2D eigenvalue weighted by Gasteiger charge is -2.17. The SMILES string of the molecule is C[C@@H]1C=C(c2nc3ccccc3cc2[C@H](C)N)C=CC1. The number of allylic oxidation sites excluding steroid dienone is 4. The van der Waals surface area contributed by atoms with E-state index < -0.39 is 0 Å². The van der Waals surface area contributed by atoms with Gasteiger partial charge in [-0.05, 0) is 42.5 Å². The summed E-state index contributed by atoms with van der Waals surface area (Å²) >= 11 is 0. The lowest BCUT2D eigenvalue weighted by molar-refractivity contribution is 0.738. The first-order chi connectivity index (χ1) is 9.65. The van der Waals surface area contributed by atoms with Gasteiger partial charge in [0, 0.05) is 11.4 Å². The number of nitrogens with two attached hydrogens (primary N) is 1. The predicted molar refractivity (Wildman–Crippen MR) is 85.2 cm³/mol. The zero-order valence-corrected chi connectivity index (χ0v) is 12.0. The molecule has 2 nitrogen and oxygen atoms in total. The van der Waals surface area contributed by atoms with Crippen LogP contribution in [0.5, 0.6) is 0 Å². The monoisotopic (exact) mass is 264 g/mol. The number of fused-ring (bicyclic) bond motifs is 1. The fourth-order valence-electron chi connectivity index (χ4n) is 2.71. The summed E-state index contributed by atoms with van der Waals surface area (Å²) in [6, 6.07) is 10.4. The molecule has 0 radical (unpaired) electrons. The summed E-state index contributed by atoms with van der Waals surface area (Å²) in [5, 5.41) is 1.15. The highest BCUT2D eigenvalue weighted by Crippen LogP contribution is 2.30. The van der Waals surface area contributed by atoms with Gasteiger partial charge in [0.05, 0.1) is 11.2 Å². The number of hydrogen-bond donors (Lipinski definition) is 1. The Hall–Kier alpha value is -1.93. The largest absolute Gasteiger partial charge is 0.324 e. The van der Waals surface area contributed by atoms with Crippen LogP contribution in [-0.4, -0.2) is 4.98 Å². The molecular formula is C18H20N2. The second-order valence-electron chi connectivity index (χ2n) is 5.64. The third kappa shape index (κ3) is 2.39. The molecule has 102 valence electrons. The van der Waals surface area contributed by atoms with Gasteiger partial charge in [-0.3, -0.25) is 0 Å². The highest BCUT2D eigenvalue weighted by Gasteiger charge is 2.15. The number of rotatable bonds is 2. The van der Waals surface area contributed by atoms with Gasteiger partial charge < -0.3 is 5.73 Å². The maximum Gasteiger partial charge on any atom is 0.0754 e. The molecule has 1 aliphatic carbocycles. The number of aromatic nitrogens is 1. The third-order valence-electron chi connectivity index (χ3n) is 3.79. The molecule has 1 aliphatic rings. The van der Waals surface area contributed by atoms with Gasteiger partial charge in [-0.1, -0.05) is 43.4 Å². The lowest BCUT2D eigenvalue weighted by Crippen LogP contribution is -2.10. The Labute approximate surface area is 120 Å². The Balaban J connectivity index is 2.22. The van der Waals surface area contributed by atoms with Crippen LogP contribution in [0.15, 0.2) is 48.6 Å². The van der Waals surface area contributed by atoms with E-state index in [-0.39, 0.29) is 6.04 Å². The first-order valence-corrected chi connectivity index (χ1v) is 7.19. The molecule has 0 saturated carbocycles. The van der Waals surface area contributed by atoms with Crippen molar-refractivity contribution in [1.82, 2.24) is 4.98 Å². The van der Waals surface area contributed by atoms with Gasteiger partial charge in [0.1, 0.15) is 0 Å². The average Bonchev–Trinajstić information content (AvgIpc) is 2.46. The Morgan fingerprint density at radius 3 is 2.85 bits per heavy atom. The molecule has 2 aromatic rings. The number of hydrogen-bond acceptors (Lipinski definition) is 2. The second kappa shape index (κ2) is 5.22. The topological polar surface area (TPSA) is 38.9 Å². The third-order valence-corrected chi connectivity index (χ3v) is 3.79. The van der Waals surface area contributed by atoms with Gasteiger partial charge in [0.25, 0.3) is 0 Å². The number of para-hydroxylation sites is 1. The highest BCUT2D eigenvalue weighted by atomic mass is 14.7. The van der Waals surface area contributed by atoms with Crippen LogP contribution in [0.2, 0.25) is 0 Å². The Kier molecular flexibility index (Phi) is 3.41. The Morgan fingerprint density at radius 1 is 1.30 bits per heavy atom. The first kappa shape index (κ1) is 13.1. The van der Waals surface area contributed by atoms with Gasteiger partial charge in [0.15, 0.2) is 0 Å². The van der Waals surface area contributed by atoms with Gasteiger partial charge in [-0.25, -0.2) is 4.98 Å². The van der Waals surface area contributed by atoms with Crippen molar-refractivity contribution in [3.05, 3.63) is 59.8 Å². The van der Waals surface area contributed by atoms with Gasteiger partial charge in [-0.15, -0.1) is 0 Å². The summed E-state index contributed by atoms with van der Waals surface area (Å²) in [4.78, 5) is 4.86. The van der Waals surface area contributed by atoms with Crippen molar-refractivity contribution >= 4 is 16.5 Å². The second-order valence-corrected chi connectivity index (χ2v) is 5.64. The molecule has 1 aromatic carbocycles. The van der Waals surface area contributed by atoms with E-state index in [1.807, 2.05) is 19.1 Å². The van der Waals surface area contributed by atoms with Crippen LogP contribution >= 0.6 is 0 Å². The van der Waals surface area contributed by atoms with E-state index >= 15 is 0 Å². The minimum Gasteiger partial charge on any atom is -0.324 e. The van der Waals surface area contributed by atoms with Crippen LogP contribution in [-0.2, 0) is 0 Å². The minimum atomic E-state index is -0.0198. The van der Waals surface area contributed by atoms with E-state index in [9.17, 15) is 0 Å². The zero-order valence-electron chi connectivity index (χ0n) is 12.0. The smallest absolute Gasteiger partial charge is 0.0754 e. The zero-order chi connectivity index (χ0) is 14.1. The van der Waals surface area contributed by atoms with Gasteiger partial charge >= 0.3 is 0 Å². The van der Waals surface area contributed by atoms with E-state index in [0.29, 0.717) is 5.92 Å². The molecular weight excluding hydrogens is 244 g/mol. The Morgan fingerprint density at radius 2 is 2.10 bits per heavy atom. The maximum atomic E-state index is 6.16. The summed E-state index contributed by atoms with van der Waals surface area (Å²) in [6.07, 6.45) is 7.79. The van der Waals surface area contributed by atoms with E-state index in [1.165, 1.54) is 5.57 Å². The van der Waals surface area contributed by atoms with Crippen molar-refractivity contribution in [2.75, 3.05) is 0 Å². The normalized spacial score (nSPS) is 19.9. The molecule has 2 heteroatoms. The molecule has 3 rings (SSSR count). The molecule has 1 aromatic heterocycles. The molecule has 0 bridgehead atoms. The number of benzene rings is 1. The van der Waals surface area contributed by atoms with Crippen molar-refractivity contribution in [3.8, 4) is 0 Å².